The number of hydrogen-bond acceptors (Lipinski definition) is 1. The average molecular weight is 268 g/mol. The van der Waals surface area contributed by atoms with Crippen LogP contribution in [-0.4, -0.2) is 29.8 Å². The molecule has 1 aromatic rings. The molecule has 0 bridgehead atoms. The van der Waals surface area contributed by atoms with Gasteiger partial charge >= 0.3 is 0 Å². The molecule has 3 heteroatoms. The summed E-state index contributed by atoms with van der Waals surface area (Å²) >= 11 is 5.90. The summed E-state index contributed by atoms with van der Waals surface area (Å²) in [6.07, 6.45) is 0. The van der Waals surface area contributed by atoms with E-state index in [1.165, 1.54) is 5.56 Å². The van der Waals surface area contributed by atoms with Crippen LogP contribution in [0.3, 0.4) is 0 Å². The lowest BCUT2D eigenvalue weighted by Gasteiger charge is -2.21. The third-order valence-electron chi connectivity index (χ3n) is 2.87. The van der Waals surface area contributed by atoms with E-state index in [0.29, 0.717) is 12.1 Å². The summed E-state index contributed by atoms with van der Waals surface area (Å²) in [5, 5.41) is -0.0344. The molecule has 0 aliphatic heterocycles. The van der Waals surface area contributed by atoms with Crippen LogP contribution in [0.1, 0.15) is 43.6 Å². The number of carbonyl (C=O) groups is 1. The fraction of sp³-hybridized carbons (Fsp3) is 0.533. The largest absolute Gasteiger partial charge is 0.340 e. The van der Waals surface area contributed by atoms with E-state index in [1.807, 2.05) is 31.2 Å². The number of hydrogen-bond donors (Lipinski definition) is 0. The van der Waals surface area contributed by atoms with Gasteiger partial charge in [0, 0.05) is 24.5 Å². The first-order valence-corrected chi connectivity index (χ1v) is 6.65. The predicted octanol–water partition coefficient (Wildman–Crippen LogP) is 3.68. The Hall–Kier alpha value is -1.02. The zero-order chi connectivity index (χ0) is 13.9. The molecule has 1 amide bonds. The van der Waals surface area contributed by atoms with Crippen molar-refractivity contribution in [3.05, 3.63) is 35.4 Å². The number of rotatable bonds is 3. The van der Waals surface area contributed by atoms with Crippen LogP contribution in [0.4, 0.5) is 0 Å². The maximum absolute atomic E-state index is 12.1. The van der Waals surface area contributed by atoms with Crippen LogP contribution in [0.25, 0.3) is 0 Å². The molecule has 0 aliphatic carbocycles. The van der Waals surface area contributed by atoms with Gasteiger partial charge in [-0.1, -0.05) is 32.9 Å². The molecule has 0 saturated carbocycles. The Bertz CT molecular complexity index is 403. The highest BCUT2D eigenvalue weighted by molar-refractivity contribution is 6.20. The van der Waals surface area contributed by atoms with Crippen molar-refractivity contribution in [3.8, 4) is 0 Å². The summed E-state index contributed by atoms with van der Waals surface area (Å²) in [5.74, 6) is 0.0166. The Morgan fingerprint density at radius 2 is 1.78 bits per heavy atom. The molecular weight excluding hydrogens is 246 g/mol. The van der Waals surface area contributed by atoms with E-state index in [0.717, 1.165) is 0 Å². The smallest absolute Gasteiger partial charge is 0.253 e. The Labute approximate surface area is 115 Å². The zero-order valence-electron chi connectivity index (χ0n) is 11.8. The number of carbonyl (C=O) groups excluding carboxylic acids is 1. The van der Waals surface area contributed by atoms with Gasteiger partial charge in [-0.05, 0) is 30.0 Å². The molecule has 18 heavy (non-hydrogen) atoms. The summed E-state index contributed by atoms with van der Waals surface area (Å²) in [4.78, 5) is 13.8. The Balaban J connectivity index is 2.82. The molecule has 0 heterocycles. The molecule has 1 rings (SSSR count). The molecule has 100 valence electrons. The van der Waals surface area contributed by atoms with Gasteiger partial charge in [0.15, 0.2) is 0 Å². The molecule has 0 radical (unpaired) electrons. The van der Waals surface area contributed by atoms with E-state index < -0.39 is 0 Å². The molecule has 0 N–H and O–H groups in total. The van der Waals surface area contributed by atoms with Crippen molar-refractivity contribution < 1.29 is 4.79 Å². The normalized spacial score (nSPS) is 13.2. The lowest BCUT2D eigenvalue weighted by molar-refractivity contribution is 0.0796. The molecule has 1 aromatic carbocycles. The first-order valence-electron chi connectivity index (χ1n) is 6.22. The first kappa shape index (κ1) is 15.0. The summed E-state index contributed by atoms with van der Waals surface area (Å²) in [6.45, 7) is 8.91. The van der Waals surface area contributed by atoms with E-state index >= 15 is 0 Å². The number of alkyl halides is 1. The third-order valence-corrected chi connectivity index (χ3v) is 3.01. The second kappa shape index (κ2) is 5.75. The van der Waals surface area contributed by atoms with Crippen LogP contribution >= 0.6 is 11.6 Å². The van der Waals surface area contributed by atoms with Crippen molar-refractivity contribution in [2.45, 2.75) is 38.5 Å². The van der Waals surface area contributed by atoms with Crippen LogP contribution in [0.5, 0.6) is 0 Å². The van der Waals surface area contributed by atoms with Crippen LogP contribution in [0.15, 0.2) is 24.3 Å². The van der Waals surface area contributed by atoms with Crippen molar-refractivity contribution in [3.63, 3.8) is 0 Å². The minimum absolute atomic E-state index is 0.0166. The monoisotopic (exact) mass is 267 g/mol. The van der Waals surface area contributed by atoms with Crippen molar-refractivity contribution in [1.29, 1.82) is 0 Å². The van der Waals surface area contributed by atoms with Gasteiger partial charge in [-0.25, -0.2) is 0 Å². The van der Waals surface area contributed by atoms with E-state index in [1.54, 1.807) is 11.9 Å². The number of nitrogens with zero attached hydrogens (tertiary/aromatic N) is 1. The predicted molar refractivity (Wildman–Crippen MR) is 77.4 cm³/mol. The molecule has 0 spiro atoms. The molecule has 2 nitrogen and oxygen atoms in total. The zero-order valence-corrected chi connectivity index (χ0v) is 12.6. The average Bonchev–Trinajstić information content (AvgIpc) is 2.26. The van der Waals surface area contributed by atoms with Gasteiger partial charge in [0.1, 0.15) is 0 Å². The second-order valence-corrected chi connectivity index (χ2v) is 6.54. The number of amides is 1. The Kier molecular flexibility index (Phi) is 4.80. The van der Waals surface area contributed by atoms with Crippen molar-refractivity contribution in [2.75, 3.05) is 13.6 Å². The van der Waals surface area contributed by atoms with Gasteiger partial charge in [-0.3, -0.25) is 4.79 Å². The first-order chi connectivity index (χ1) is 8.21. The van der Waals surface area contributed by atoms with Gasteiger partial charge < -0.3 is 4.90 Å². The highest BCUT2D eigenvalue weighted by Gasteiger charge is 2.16. The lowest BCUT2D eigenvalue weighted by atomic mass is 9.86. The van der Waals surface area contributed by atoms with Gasteiger partial charge in [-0.2, -0.15) is 0 Å². The van der Waals surface area contributed by atoms with E-state index in [-0.39, 0.29) is 16.7 Å². The van der Waals surface area contributed by atoms with E-state index in [4.69, 9.17) is 11.6 Å². The molecular formula is C15H22ClNO. The Morgan fingerprint density at radius 3 is 2.17 bits per heavy atom. The number of halogens is 1. The van der Waals surface area contributed by atoms with Crippen molar-refractivity contribution in [1.82, 2.24) is 4.90 Å². The maximum Gasteiger partial charge on any atom is 0.253 e. The van der Waals surface area contributed by atoms with Crippen LogP contribution < -0.4 is 0 Å². The molecule has 1 unspecified atom stereocenters. The quantitative estimate of drug-likeness (QED) is 0.765. The fourth-order valence-electron chi connectivity index (χ4n) is 1.79. The van der Waals surface area contributed by atoms with Crippen molar-refractivity contribution >= 4 is 17.5 Å². The highest BCUT2D eigenvalue weighted by atomic mass is 35.5. The third kappa shape index (κ3) is 4.02. The van der Waals surface area contributed by atoms with E-state index in [2.05, 4.69) is 20.8 Å². The van der Waals surface area contributed by atoms with Gasteiger partial charge in [0.2, 0.25) is 0 Å². The van der Waals surface area contributed by atoms with Crippen LogP contribution in [-0.2, 0) is 5.41 Å². The summed E-state index contributed by atoms with van der Waals surface area (Å²) in [5.41, 5.74) is 2.05. The second-order valence-electron chi connectivity index (χ2n) is 5.79. The molecule has 0 aliphatic rings. The van der Waals surface area contributed by atoms with Crippen LogP contribution in [0, 0.1) is 0 Å². The lowest BCUT2D eigenvalue weighted by Crippen LogP contribution is -2.31. The molecule has 1 atom stereocenters. The summed E-state index contributed by atoms with van der Waals surface area (Å²) in [7, 11) is 1.78. The minimum Gasteiger partial charge on any atom is -0.340 e. The van der Waals surface area contributed by atoms with Gasteiger partial charge in [0.05, 0.1) is 0 Å². The van der Waals surface area contributed by atoms with Gasteiger partial charge in [-0.15, -0.1) is 11.6 Å². The highest BCUT2D eigenvalue weighted by Crippen LogP contribution is 2.22. The van der Waals surface area contributed by atoms with Gasteiger partial charge in [0.25, 0.3) is 5.91 Å². The van der Waals surface area contributed by atoms with Crippen LogP contribution in [0.2, 0.25) is 0 Å². The fourth-order valence-corrected chi connectivity index (χ4v) is 2.00. The maximum atomic E-state index is 12.1. The standard InChI is InChI=1S/C15H22ClNO/c1-11(16)10-17(5)14(18)12-6-8-13(9-7-12)15(2,3)4/h6-9,11H,10H2,1-5H3. The number of benzene rings is 1. The molecule has 0 fully saturated rings. The van der Waals surface area contributed by atoms with Crippen molar-refractivity contribution in [2.24, 2.45) is 0 Å². The SMILES string of the molecule is CC(Cl)CN(C)C(=O)c1ccc(C(C)(C)C)cc1. The molecule has 0 saturated heterocycles. The molecule has 0 aromatic heterocycles. The minimum atomic E-state index is -0.0344. The summed E-state index contributed by atoms with van der Waals surface area (Å²) in [6, 6.07) is 7.81. The topological polar surface area (TPSA) is 20.3 Å². The summed E-state index contributed by atoms with van der Waals surface area (Å²) < 4.78 is 0. The Morgan fingerprint density at radius 1 is 1.28 bits per heavy atom. The van der Waals surface area contributed by atoms with E-state index in [9.17, 15) is 4.79 Å².